The summed E-state index contributed by atoms with van der Waals surface area (Å²) in [6, 6.07) is 84.2. The third-order valence-electron chi connectivity index (χ3n) is 11.6. The Bertz CT molecular complexity index is 3250. The van der Waals surface area contributed by atoms with E-state index in [9.17, 15) is 0 Å². The van der Waals surface area contributed by atoms with Gasteiger partial charge in [0.05, 0.1) is 22.4 Å². The summed E-state index contributed by atoms with van der Waals surface area (Å²) in [5.41, 5.74) is 17.6. The maximum Gasteiger partial charge on any atom is 0.160 e. The monoisotopic (exact) mass is 777 g/mol. The van der Waals surface area contributed by atoms with Crippen molar-refractivity contribution in [3.8, 4) is 84.1 Å². The molecule has 286 valence electrons. The van der Waals surface area contributed by atoms with E-state index in [1.165, 1.54) is 44.2 Å². The zero-order valence-corrected chi connectivity index (χ0v) is 33.4. The number of rotatable bonds is 8. The van der Waals surface area contributed by atoms with Gasteiger partial charge >= 0.3 is 0 Å². The molecule has 0 fully saturated rings. The topological polar surface area (TPSA) is 30.7 Å². The van der Waals surface area contributed by atoms with Gasteiger partial charge in [-0.15, -0.1) is 0 Å². The van der Waals surface area contributed by atoms with Crippen molar-refractivity contribution in [1.29, 1.82) is 0 Å². The SMILES string of the molecule is c1ccc(-c2cc(-c3cccc(-n4c5ccccc5c5c(-c6ccccc6)c(-c6ccccc6)c(-c6ccccc6)c(-c6ccccc6)c54)c3)nc(-c3ccccc3)n2)cc1. The maximum atomic E-state index is 5.24. The Morgan fingerprint density at radius 3 is 1.26 bits per heavy atom. The van der Waals surface area contributed by atoms with Crippen molar-refractivity contribution in [1.82, 2.24) is 14.5 Å². The second-order valence-electron chi connectivity index (χ2n) is 15.3. The van der Waals surface area contributed by atoms with Crippen LogP contribution in [0.15, 0.2) is 237 Å². The van der Waals surface area contributed by atoms with E-state index < -0.39 is 0 Å². The van der Waals surface area contributed by atoms with Gasteiger partial charge in [0.15, 0.2) is 5.82 Å². The summed E-state index contributed by atoms with van der Waals surface area (Å²) in [5.74, 6) is 0.694. The lowest BCUT2D eigenvalue weighted by atomic mass is 9.80. The summed E-state index contributed by atoms with van der Waals surface area (Å²) >= 11 is 0. The predicted octanol–water partition coefficient (Wildman–Crippen LogP) is 15.2. The number of para-hydroxylation sites is 1. The highest BCUT2D eigenvalue weighted by molar-refractivity contribution is 6.26. The Hall–Kier alpha value is -8.14. The lowest BCUT2D eigenvalue weighted by Crippen LogP contribution is -2.01. The molecule has 0 radical (unpaired) electrons. The molecule has 3 heteroatoms. The van der Waals surface area contributed by atoms with Gasteiger partial charge in [-0.2, -0.15) is 0 Å². The highest BCUT2D eigenvalue weighted by atomic mass is 15.0. The van der Waals surface area contributed by atoms with Gasteiger partial charge in [-0.25, -0.2) is 9.97 Å². The first-order valence-electron chi connectivity index (χ1n) is 20.8. The highest BCUT2D eigenvalue weighted by Crippen LogP contribution is 2.54. The van der Waals surface area contributed by atoms with E-state index in [0.29, 0.717) is 5.82 Å². The average Bonchev–Trinajstić information content (AvgIpc) is 3.69. The molecule has 61 heavy (non-hydrogen) atoms. The minimum Gasteiger partial charge on any atom is -0.309 e. The fraction of sp³-hybridized carbons (Fsp3) is 0. The van der Waals surface area contributed by atoms with Crippen LogP contribution in [0.25, 0.3) is 106 Å². The van der Waals surface area contributed by atoms with Gasteiger partial charge in [-0.3, -0.25) is 0 Å². The van der Waals surface area contributed by atoms with Gasteiger partial charge in [0.2, 0.25) is 0 Å². The summed E-state index contributed by atoms with van der Waals surface area (Å²) in [4.78, 5) is 10.3. The first-order chi connectivity index (χ1) is 30.3. The van der Waals surface area contributed by atoms with Crippen LogP contribution >= 0.6 is 0 Å². The molecule has 2 aromatic heterocycles. The smallest absolute Gasteiger partial charge is 0.160 e. The molecule has 0 atom stereocenters. The van der Waals surface area contributed by atoms with Crippen molar-refractivity contribution in [2.24, 2.45) is 0 Å². The minimum atomic E-state index is 0.694. The molecule has 0 saturated carbocycles. The van der Waals surface area contributed by atoms with E-state index in [1.807, 2.05) is 24.3 Å². The van der Waals surface area contributed by atoms with Gasteiger partial charge in [0.1, 0.15) is 0 Å². The fourth-order valence-corrected chi connectivity index (χ4v) is 8.93. The molecule has 0 amide bonds. The molecule has 0 aliphatic rings. The van der Waals surface area contributed by atoms with Crippen molar-refractivity contribution in [3.05, 3.63) is 237 Å². The highest BCUT2D eigenvalue weighted by Gasteiger charge is 2.29. The number of hydrogen-bond donors (Lipinski definition) is 0. The minimum absolute atomic E-state index is 0.694. The van der Waals surface area contributed by atoms with Crippen LogP contribution < -0.4 is 0 Å². The van der Waals surface area contributed by atoms with Crippen molar-refractivity contribution in [2.45, 2.75) is 0 Å². The van der Waals surface area contributed by atoms with Gasteiger partial charge in [-0.05, 0) is 52.1 Å². The average molecular weight is 778 g/mol. The lowest BCUT2D eigenvalue weighted by Gasteiger charge is -2.24. The lowest BCUT2D eigenvalue weighted by molar-refractivity contribution is 1.16. The first-order valence-corrected chi connectivity index (χ1v) is 20.8. The maximum absolute atomic E-state index is 5.24. The van der Waals surface area contributed by atoms with E-state index in [1.54, 1.807) is 0 Å². The van der Waals surface area contributed by atoms with Gasteiger partial charge < -0.3 is 4.57 Å². The molecule has 9 aromatic carbocycles. The summed E-state index contributed by atoms with van der Waals surface area (Å²) < 4.78 is 2.49. The molecule has 0 bridgehead atoms. The molecule has 2 heterocycles. The summed E-state index contributed by atoms with van der Waals surface area (Å²) in [7, 11) is 0. The summed E-state index contributed by atoms with van der Waals surface area (Å²) in [6.45, 7) is 0. The normalized spacial score (nSPS) is 11.3. The van der Waals surface area contributed by atoms with Crippen LogP contribution in [0.2, 0.25) is 0 Å². The number of hydrogen-bond acceptors (Lipinski definition) is 2. The molecule has 11 rings (SSSR count). The molecule has 0 spiro atoms. The molecule has 0 N–H and O–H groups in total. The molecular formula is C58H39N3. The van der Waals surface area contributed by atoms with E-state index in [4.69, 9.17) is 9.97 Å². The molecule has 0 saturated heterocycles. The van der Waals surface area contributed by atoms with E-state index >= 15 is 0 Å². The van der Waals surface area contributed by atoms with Crippen LogP contribution in [0.5, 0.6) is 0 Å². The molecular weight excluding hydrogens is 739 g/mol. The summed E-state index contributed by atoms with van der Waals surface area (Å²) in [6.07, 6.45) is 0. The van der Waals surface area contributed by atoms with Crippen molar-refractivity contribution >= 4 is 21.8 Å². The zero-order valence-electron chi connectivity index (χ0n) is 33.4. The van der Waals surface area contributed by atoms with Crippen molar-refractivity contribution in [3.63, 3.8) is 0 Å². The Morgan fingerprint density at radius 1 is 0.295 bits per heavy atom. The van der Waals surface area contributed by atoms with Gasteiger partial charge in [-0.1, -0.05) is 212 Å². The standard InChI is InChI=1S/C58H39N3/c1-7-22-40(23-8-1)49-39-50(60-58(59-49)45-32-17-6-18-33-45)46-34-21-35-47(38-46)61-51-37-20-19-36-48(51)56-54(43-28-13-4-14-29-43)52(41-24-9-2-10-25-41)53(42-26-11-3-12-27-42)55(57(56)61)44-30-15-5-16-31-44/h1-39H. The van der Waals surface area contributed by atoms with Crippen molar-refractivity contribution < 1.29 is 0 Å². The number of aromatic nitrogens is 3. The molecule has 0 unspecified atom stereocenters. The molecule has 3 nitrogen and oxygen atoms in total. The Kier molecular flexibility index (Phi) is 9.18. The van der Waals surface area contributed by atoms with E-state index in [2.05, 4.69) is 217 Å². The molecule has 11 aromatic rings. The molecule has 0 aliphatic carbocycles. The predicted molar refractivity (Wildman–Crippen MR) is 254 cm³/mol. The van der Waals surface area contributed by atoms with E-state index in [0.717, 1.165) is 55.9 Å². The van der Waals surface area contributed by atoms with Crippen molar-refractivity contribution in [2.75, 3.05) is 0 Å². The number of benzene rings is 9. The quantitative estimate of drug-likeness (QED) is 0.154. The zero-order chi connectivity index (χ0) is 40.5. The molecule has 0 aliphatic heterocycles. The van der Waals surface area contributed by atoms with Gasteiger partial charge in [0, 0.05) is 49.8 Å². The van der Waals surface area contributed by atoms with Crippen LogP contribution in [-0.2, 0) is 0 Å². The Labute approximate surface area is 355 Å². The third-order valence-corrected chi connectivity index (χ3v) is 11.6. The Morgan fingerprint density at radius 2 is 0.705 bits per heavy atom. The number of nitrogens with zero attached hydrogens (tertiary/aromatic N) is 3. The van der Waals surface area contributed by atoms with Crippen LogP contribution in [0.1, 0.15) is 0 Å². The van der Waals surface area contributed by atoms with Crippen LogP contribution in [0.3, 0.4) is 0 Å². The second-order valence-corrected chi connectivity index (χ2v) is 15.3. The fourth-order valence-electron chi connectivity index (χ4n) is 8.93. The Balaban J connectivity index is 1.28. The largest absolute Gasteiger partial charge is 0.309 e. The van der Waals surface area contributed by atoms with Crippen LogP contribution in [-0.4, -0.2) is 14.5 Å². The first kappa shape index (κ1) is 36.0. The second kappa shape index (κ2) is 15.6. The third kappa shape index (κ3) is 6.50. The van der Waals surface area contributed by atoms with Gasteiger partial charge in [0.25, 0.3) is 0 Å². The van der Waals surface area contributed by atoms with Crippen LogP contribution in [0, 0.1) is 0 Å². The van der Waals surface area contributed by atoms with Crippen LogP contribution in [0.4, 0.5) is 0 Å². The number of fused-ring (bicyclic) bond motifs is 3. The van der Waals surface area contributed by atoms with E-state index in [-0.39, 0.29) is 0 Å². The summed E-state index contributed by atoms with van der Waals surface area (Å²) in [5, 5.41) is 2.40.